The summed E-state index contributed by atoms with van der Waals surface area (Å²) in [4.78, 5) is 10.7. The SMILES string of the molecule is CC(C)(C(=O)O)n1cc(N)cn1. The molecule has 0 saturated heterocycles. The molecule has 5 nitrogen and oxygen atoms in total. The van der Waals surface area contributed by atoms with Crippen molar-refractivity contribution in [2.45, 2.75) is 19.4 Å². The molecule has 0 amide bonds. The highest BCUT2D eigenvalue weighted by molar-refractivity contribution is 5.75. The van der Waals surface area contributed by atoms with Crippen LogP contribution < -0.4 is 5.73 Å². The van der Waals surface area contributed by atoms with E-state index < -0.39 is 11.5 Å². The largest absolute Gasteiger partial charge is 0.479 e. The van der Waals surface area contributed by atoms with Crippen molar-refractivity contribution in [2.75, 3.05) is 5.73 Å². The summed E-state index contributed by atoms with van der Waals surface area (Å²) in [6.07, 6.45) is 2.92. The smallest absolute Gasteiger partial charge is 0.331 e. The predicted molar refractivity (Wildman–Crippen MR) is 43.6 cm³/mol. The van der Waals surface area contributed by atoms with Crippen LogP contribution in [0.15, 0.2) is 12.4 Å². The maximum Gasteiger partial charge on any atom is 0.331 e. The molecule has 1 aromatic rings. The summed E-state index contributed by atoms with van der Waals surface area (Å²) >= 11 is 0. The molecule has 1 rings (SSSR count). The fourth-order valence-electron chi connectivity index (χ4n) is 0.740. The van der Waals surface area contributed by atoms with Crippen molar-refractivity contribution in [3.63, 3.8) is 0 Å². The van der Waals surface area contributed by atoms with Crippen LogP contribution in [-0.4, -0.2) is 20.9 Å². The first-order chi connectivity index (χ1) is 5.44. The highest BCUT2D eigenvalue weighted by atomic mass is 16.4. The Bertz CT molecular complexity index is 303. The molecule has 0 aliphatic rings. The summed E-state index contributed by atoms with van der Waals surface area (Å²) in [6.45, 7) is 3.11. The molecule has 0 aliphatic heterocycles. The van der Waals surface area contributed by atoms with Crippen molar-refractivity contribution in [1.82, 2.24) is 9.78 Å². The standard InChI is InChI=1S/C7H11N3O2/c1-7(2,6(11)12)10-4-5(8)3-9-10/h3-4H,8H2,1-2H3,(H,11,12). The van der Waals surface area contributed by atoms with Crippen LogP contribution in [-0.2, 0) is 10.3 Å². The van der Waals surface area contributed by atoms with E-state index >= 15 is 0 Å². The number of nitrogens with two attached hydrogens (primary N) is 1. The summed E-state index contributed by atoms with van der Waals surface area (Å²) < 4.78 is 1.32. The zero-order chi connectivity index (χ0) is 9.35. The third kappa shape index (κ3) is 1.25. The fourth-order valence-corrected chi connectivity index (χ4v) is 0.740. The van der Waals surface area contributed by atoms with E-state index in [1.54, 1.807) is 13.8 Å². The van der Waals surface area contributed by atoms with Crippen molar-refractivity contribution in [2.24, 2.45) is 0 Å². The van der Waals surface area contributed by atoms with Crippen LogP contribution in [0.4, 0.5) is 5.69 Å². The average molecular weight is 169 g/mol. The van der Waals surface area contributed by atoms with Gasteiger partial charge in [0, 0.05) is 6.20 Å². The van der Waals surface area contributed by atoms with E-state index in [4.69, 9.17) is 10.8 Å². The van der Waals surface area contributed by atoms with Crippen molar-refractivity contribution in [3.8, 4) is 0 Å². The Hall–Kier alpha value is -1.52. The molecule has 0 fully saturated rings. The maximum absolute atomic E-state index is 10.7. The van der Waals surface area contributed by atoms with Crippen LogP contribution >= 0.6 is 0 Å². The predicted octanol–water partition coefficient (Wildman–Crippen LogP) is 0.285. The summed E-state index contributed by atoms with van der Waals surface area (Å²) in [5.41, 5.74) is 4.82. The number of rotatable bonds is 2. The van der Waals surface area contributed by atoms with Gasteiger partial charge >= 0.3 is 5.97 Å². The Balaban J connectivity index is 3.05. The number of carboxylic acid groups (broad SMARTS) is 1. The molecule has 0 unspecified atom stereocenters. The van der Waals surface area contributed by atoms with Gasteiger partial charge in [-0.3, -0.25) is 4.68 Å². The second kappa shape index (κ2) is 2.51. The Morgan fingerprint density at radius 3 is 2.67 bits per heavy atom. The second-order valence-corrected chi connectivity index (χ2v) is 3.08. The molecule has 0 spiro atoms. The zero-order valence-electron chi connectivity index (χ0n) is 6.98. The molecule has 0 bridgehead atoms. The maximum atomic E-state index is 10.7. The number of carboxylic acids is 1. The molecule has 1 aromatic heterocycles. The number of aliphatic carboxylic acids is 1. The van der Waals surface area contributed by atoms with Gasteiger partial charge in [-0.2, -0.15) is 5.10 Å². The normalized spacial score (nSPS) is 11.5. The van der Waals surface area contributed by atoms with Gasteiger partial charge in [0.15, 0.2) is 5.54 Å². The van der Waals surface area contributed by atoms with Crippen LogP contribution in [0.3, 0.4) is 0 Å². The lowest BCUT2D eigenvalue weighted by atomic mass is 10.1. The molecule has 0 aliphatic carbocycles. The Morgan fingerprint density at radius 1 is 1.75 bits per heavy atom. The number of hydrogen-bond acceptors (Lipinski definition) is 3. The monoisotopic (exact) mass is 169 g/mol. The van der Waals surface area contributed by atoms with Crippen molar-refractivity contribution in [3.05, 3.63) is 12.4 Å². The van der Waals surface area contributed by atoms with Crippen molar-refractivity contribution >= 4 is 11.7 Å². The average Bonchev–Trinajstić information content (AvgIpc) is 2.35. The van der Waals surface area contributed by atoms with Gasteiger partial charge in [-0.25, -0.2) is 4.79 Å². The highest BCUT2D eigenvalue weighted by Gasteiger charge is 2.29. The lowest BCUT2D eigenvalue weighted by Crippen LogP contribution is -2.35. The summed E-state index contributed by atoms with van der Waals surface area (Å²) in [5, 5.41) is 12.6. The van der Waals surface area contributed by atoms with Crippen molar-refractivity contribution in [1.29, 1.82) is 0 Å². The lowest BCUT2D eigenvalue weighted by molar-refractivity contribution is -0.146. The summed E-state index contributed by atoms with van der Waals surface area (Å²) in [6, 6.07) is 0. The van der Waals surface area contributed by atoms with E-state index in [1.165, 1.54) is 17.1 Å². The van der Waals surface area contributed by atoms with Crippen LogP contribution in [0.25, 0.3) is 0 Å². The van der Waals surface area contributed by atoms with E-state index in [9.17, 15) is 4.79 Å². The van der Waals surface area contributed by atoms with Crippen LogP contribution in [0.1, 0.15) is 13.8 Å². The lowest BCUT2D eigenvalue weighted by Gasteiger charge is -2.19. The first-order valence-electron chi connectivity index (χ1n) is 3.48. The van der Waals surface area contributed by atoms with Crippen LogP contribution in [0.2, 0.25) is 0 Å². The van der Waals surface area contributed by atoms with Gasteiger partial charge in [0.1, 0.15) is 0 Å². The van der Waals surface area contributed by atoms with Gasteiger partial charge in [0.2, 0.25) is 0 Å². The topological polar surface area (TPSA) is 81.1 Å². The van der Waals surface area contributed by atoms with Crippen LogP contribution in [0.5, 0.6) is 0 Å². The minimum Gasteiger partial charge on any atom is -0.479 e. The third-order valence-corrected chi connectivity index (χ3v) is 1.70. The number of nitrogen functional groups attached to an aromatic ring is 1. The number of carbonyl (C=O) groups is 1. The minimum atomic E-state index is -1.04. The Morgan fingerprint density at radius 2 is 2.33 bits per heavy atom. The third-order valence-electron chi connectivity index (χ3n) is 1.70. The van der Waals surface area contributed by atoms with Gasteiger partial charge in [-0.1, -0.05) is 0 Å². The van der Waals surface area contributed by atoms with Gasteiger partial charge in [0.05, 0.1) is 11.9 Å². The minimum absolute atomic E-state index is 0.462. The fraction of sp³-hybridized carbons (Fsp3) is 0.429. The molecule has 0 radical (unpaired) electrons. The van der Waals surface area contributed by atoms with E-state index in [2.05, 4.69) is 5.10 Å². The highest BCUT2D eigenvalue weighted by Crippen LogP contribution is 2.15. The molecule has 66 valence electrons. The van der Waals surface area contributed by atoms with E-state index in [-0.39, 0.29) is 0 Å². The number of aromatic nitrogens is 2. The molecular formula is C7H11N3O2. The molecule has 0 saturated carbocycles. The number of anilines is 1. The molecular weight excluding hydrogens is 158 g/mol. The molecule has 5 heteroatoms. The van der Waals surface area contributed by atoms with E-state index in [0.29, 0.717) is 5.69 Å². The molecule has 12 heavy (non-hydrogen) atoms. The molecule has 0 aromatic carbocycles. The number of nitrogens with zero attached hydrogens (tertiary/aromatic N) is 2. The van der Waals surface area contributed by atoms with Crippen molar-refractivity contribution < 1.29 is 9.90 Å². The molecule has 0 atom stereocenters. The summed E-state index contributed by atoms with van der Waals surface area (Å²) in [5.74, 6) is -0.939. The number of hydrogen-bond donors (Lipinski definition) is 2. The van der Waals surface area contributed by atoms with E-state index in [1.807, 2.05) is 0 Å². The zero-order valence-corrected chi connectivity index (χ0v) is 6.98. The first-order valence-corrected chi connectivity index (χ1v) is 3.48. The van der Waals surface area contributed by atoms with Gasteiger partial charge in [-0.15, -0.1) is 0 Å². The molecule has 3 N–H and O–H groups in total. The van der Waals surface area contributed by atoms with Gasteiger partial charge in [-0.05, 0) is 13.8 Å². The Labute approximate surface area is 69.8 Å². The summed E-state index contributed by atoms with van der Waals surface area (Å²) in [7, 11) is 0. The first kappa shape index (κ1) is 8.58. The quantitative estimate of drug-likeness (QED) is 0.666. The molecule has 1 heterocycles. The Kier molecular flexibility index (Phi) is 1.79. The van der Waals surface area contributed by atoms with Gasteiger partial charge in [0.25, 0.3) is 0 Å². The second-order valence-electron chi connectivity index (χ2n) is 3.08. The van der Waals surface area contributed by atoms with Gasteiger partial charge < -0.3 is 10.8 Å². The van der Waals surface area contributed by atoms with E-state index in [0.717, 1.165) is 0 Å². The van der Waals surface area contributed by atoms with Crippen LogP contribution in [0, 0.1) is 0 Å².